The molecule has 0 radical (unpaired) electrons. The summed E-state index contributed by atoms with van der Waals surface area (Å²) in [5.74, 6) is 0.484. The Kier molecular flexibility index (Phi) is 4.13. The maximum atomic E-state index is 12.6. The number of carbonyl (C=O) groups excluding carboxylic acids is 1. The molecule has 3 heterocycles. The van der Waals surface area contributed by atoms with Crippen molar-refractivity contribution in [3.63, 3.8) is 0 Å². The van der Waals surface area contributed by atoms with E-state index in [4.69, 9.17) is 11.6 Å². The molecule has 1 amide bonds. The number of rotatable bonds is 5. The Bertz CT molecular complexity index is 1110. The number of anilines is 1. The molecule has 3 aromatic rings. The van der Waals surface area contributed by atoms with E-state index in [1.807, 2.05) is 35.2 Å². The van der Waals surface area contributed by atoms with Crippen LogP contribution in [0.2, 0.25) is 0 Å². The molecule has 144 valence electrons. The Hall–Kier alpha value is -2.45. The van der Waals surface area contributed by atoms with Crippen LogP contribution in [0.1, 0.15) is 30.7 Å². The van der Waals surface area contributed by atoms with Crippen molar-refractivity contribution in [2.75, 3.05) is 11.4 Å². The van der Waals surface area contributed by atoms with Crippen molar-refractivity contribution in [2.24, 2.45) is 0 Å². The van der Waals surface area contributed by atoms with E-state index in [0.29, 0.717) is 27.8 Å². The summed E-state index contributed by atoms with van der Waals surface area (Å²) in [6.07, 6.45) is 2.38. The summed E-state index contributed by atoms with van der Waals surface area (Å²) in [6.45, 7) is 1.22. The first-order valence-corrected chi connectivity index (χ1v) is 10.4. The number of carbonyl (C=O) groups is 1. The fourth-order valence-electron chi connectivity index (χ4n) is 3.29. The number of benzene rings is 1. The Morgan fingerprint density at radius 2 is 2.11 bits per heavy atom. The summed E-state index contributed by atoms with van der Waals surface area (Å²) in [5, 5.41) is 3.63. The van der Waals surface area contributed by atoms with Crippen molar-refractivity contribution in [3.05, 3.63) is 52.1 Å². The molecule has 28 heavy (non-hydrogen) atoms. The predicted octanol–water partition coefficient (Wildman–Crippen LogP) is 2.50. The molecule has 0 unspecified atom stereocenters. The zero-order valence-electron chi connectivity index (χ0n) is 14.9. The fraction of sp³-hybridized carbons (Fsp3) is 0.368. The highest BCUT2D eigenvalue weighted by atomic mass is 35.5. The number of hydrogen-bond donors (Lipinski definition) is 2. The number of thiazole rings is 1. The Balaban J connectivity index is 1.34. The van der Waals surface area contributed by atoms with Crippen molar-refractivity contribution in [2.45, 2.75) is 36.7 Å². The summed E-state index contributed by atoms with van der Waals surface area (Å²) in [5.41, 5.74) is 1.08. The van der Waals surface area contributed by atoms with Crippen LogP contribution in [0, 0.1) is 0 Å². The molecular formula is C19H18ClN5O2S. The van der Waals surface area contributed by atoms with Gasteiger partial charge in [0.1, 0.15) is 16.7 Å². The van der Waals surface area contributed by atoms with E-state index in [2.05, 4.69) is 20.3 Å². The molecule has 1 saturated heterocycles. The summed E-state index contributed by atoms with van der Waals surface area (Å²) in [7, 11) is 0. The van der Waals surface area contributed by atoms with Gasteiger partial charge in [0, 0.05) is 13.1 Å². The van der Waals surface area contributed by atoms with Crippen LogP contribution in [0.25, 0.3) is 10.3 Å². The van der Waals surface area contributed by atoms with E-state index in [1.54, 1.807) is 0 Å². The third-order valence-corrected chi connectivity index (χ3v) is 6.79. The molecule has 1 aliphatic carbocycles. The number of halogens is 1. The second-order valence-electron chi connectivity index (χ2n) is 7.23. The van der Waals surface area contributed by atoms with E-state index >= 15 is 0 Å². The van der Waals surface area contributed by atoms with Gasteiger partial charge in [0.25, 0.3) is 5.56 Å². The average Bonchev–Trinajstić information content (AvgIpc) is 3.27. The minimum Gasteiger partial charge on any atom is -0.350 e. The SMILES string of the molecule is O=C(NCc1ccccc1)[C@H]1CCN1c1nc2c(=O)[nH]c(C3(Cl)CC3)nc2s1. The van der Waals surface area contributed by atoms with E-state index < -0.39 is 4.87 Å². The van der Waals surface area contributed by atoms with Crippen molar-refractivity contribution in [1.82, 2.24) is 20.3 Å². The standard InChI is InChI=1S/C19H18ClN5O2S/c20-19(7-8-19)17-23-15(27)13-16(24-17)28-18(22-13)25-9-6-12(25)14(26)21-10-11-4-2-1-3-5-11/h1-5,12H,6-10H2,(H,21,26)(H,23,24,27)/t12-/m1/s1. The molecule has 2 fully saturated rings. The quantitative estimate of drug-likeness (QED) is 0.625. The highest BCUT2D eigenvalue weighted by molar-refractivity contribution is 7.21. The number of nitrogens with one attached hydrogen (secondary N) is 2. The normalized spacial score (nSPS) is 20.0. The van der Waals surface area contributed by atoms with E-state index in [9.17, 15) is 9.59 Å². The maximum absolute atomic E-state index is 12.6. The summed E-state index contributed by atoms with van der Waals surface area (Å²) < 4.78 is 0. The largest absolute Gasteiger partial charge is 0.350 e. The maximum Gasteiger partial charge on any atom is 0.278 e. The molecule has 0 bridgehead atoms. The van der Waals surface area contributed by atoms with Crippen LogP contribution in [0.5, 0.6) is 0 Å². The lowest BCUT2D eigenvalue weighted by Gasteiger charge is -2.39. The Morgan fingerprint density at radius 3 is 2.79 bits per heavy atom. The first-order chi connectivity index (χ1) is 13.5. The van der Waals surface area contributed by atoms with Gasteiger partial charge in [-0.05, 0) is 24.8 Å². The number of amides is 1. The molecule has 5 rings (SSSR count). The van der Waals surface area contributed by atoms with Gasteiger partial charge < -0.3 is 15.2 Å². The van der Waals surface area contributed by atoms with Crippen LogP contribution in [0.3, 0.4) is 0 Å². The number of hydrogen-bond acceptors (Lipinski definition) is 6. The summed E-state index contributed by atoms with van der Waals surface area (Å²) >= 11 is 7.72. The molecule has 0 spiro atoms. The van der Waals surface area contributed by atoms with Crippen molar-refractivity contribution in [3.8, 4) is 0 Å². The van der Waals surface area contributed by atoms with Gasteiger partial charge in [-0.2, -0.15) is 0 Å². The van der Waals surface area contributed by atoms with Crippen LogP contribution in [0.4, 0.5) is 5.13 Å². The highest BCUT2D eigenvalue weighted by Gasteiger charge is 2.45. The summed E-state index contributed by atoms with van der Waals surface area (Å²) in [4.78, 5) is 38.7. The second-order valence-corrected chi connectivity index (χ2v) is 8.91. The minimum atomic E-state index is -0.534. The van der Waals surface area contributed by atoms with Gasteiger partial charge in [0.05, 0.1) is 0 Å². The van der Waals surface area contributed by atoms with Crippen molar-refractivity contribution in [1.29, 1.82) is 0 Å². The highest BCUT2D eigenvalue weighted by Crippen LogP contribution is 2.50. The zero-order chi connectivity index (χ0) is 19.3. The monoisotopic (exact) mass is 415 g/mol. The van der Waals surface area contributed by atoms with Gasteiger partial charge in [0.2, 0.25) is 5.91 Å². The van der Waals surface area contributed by atoms with Crippen molar-refractivity contribution >= 4 is 44.3 Å². The van der Waals surface area contributed by atoms with Crippen LogP contribution in [-0.4, -0.2) is 33.4 Å². The Labute approximate surface area is 169 Å². The molecule has 7 nitrogen and oxygen atoms in total. The predicted molar refractivity (Wildman–Crippen MR) is 109 cm³/mol. The third-order valence-electron chi connectivity index (χ3n) is 5.25. The molecule has 2 N–H and O–H groups in total. The van der Waals surface area contributed by atoms with Gasteiger partial charge in [-0.1, -0.05) is 41.7 Å². The number of H-pyrrole nitrogens is 1. The zero-order valence-corrected chi connectivity index (χ0v) is 16.5. The first kappa shape index (κ1) is 17.6. The van der Waals surface area contributed by atoms with Crippen LogP contribution >= 0.6 is 22.9 Å². The number of aromatic nitrogens is 3. The summed E-state index contributed by atoms with van der Waals surface area (Å²) in [6, 6.07) is 9.53. The number of fused-ring (bicyclic) bond motifs is 1. The van der Waals surface area contributed by atoms with Gasteiger partial charge in [-0.15, -0.1) is 11.6 Å². The van der Waals surface area contributed by atoms with Gasteiger partial charge in [0.15, 0.2) is 15.5 Å². The van der Waals surface area contributed by atoms with Crippen LogP contribution in [0.15, 0.2) is 35.1 Å². The third kappa shape index (κ3) is 3.06. The van der Waals surface area contributed by atoms with E-state index in [0.717, 1.165) is 31.4 Å². The smallest absolute Gasteiger partial charge is 0.278 e. The van der Waals surface area contributed by atoms with Crippen molar-refractivity contribution < 1.29 is 4.79 Å². The van der Waals surface area contributed by atoms with Gasteiger partial charge in [-0.3, -0.25) is 9.59 Å². The number of aromatic amines is 1. The number of alkyl halides is 1. The molecule has 1 aromatic carbocycles. The molecule has 1 aliphatic heterocycles. The first-order valence-electron chi connectivity index (χ1n) is 9.22. The average molecular weight is 416 g/mol. The molecule has 1 saturated carbocycles. The fourth-order valence-corrected chi connectivity index (χ4v) is 4.50. The lowest BCUT2D eigenvalue weighted by atomic mass is 10.0. The molecule has 2 aromatic heterocycles. The molecular weight excluding hydrogens is 398 g/mol. The number of nitrogens with zero attached hydrogens (tertiary/aromatic N) is 3. The molecule has 9 heteroatoms. The molecule has 1 atom stereocenters. The topological polar surface area (TPSA) is 91.0 Å². The van der Waals surface area contributed by atoms with Gasteiger partial charge in [-0.25, -0.2) is 9.97 Å². The van der Waals surface area contributed by atoms with E-state index in [-0.39, 0.29) is 17.5 Å². The Morgan fingerprint density at radius 1 is 1.32 bits per heavy atom. The minimum absolute atomic E-state index is 0.0328. The second kappa shape index (κ2) is 6.56. The lowest BCUT2D eigenvalue weighted by molar-refractivity contribution is -0.123. The molecule has 2 aliphatic rings. The lowest BCUT2D eigenvalue weighted by Crippen LogP contribution is -2.56. The van der Waals surface area contributed by atoms with Crippen LogP contribution in [-0.2, 0) is 16.2 Å². The van der Waals surface area contributed by atoms with Crippen LogP contribution < -0.4 is 15.8 Å². The van der Waals surface area contributed by atoms with Gasteiger partial charge >= 0.3 is 0 Å². The van der Waals surface area contributed by atoms with E-state index in [1.165, 1.54) is 11.3 Å².